The van der Waals surface area contributed by atoms with E-state index in [0.717, 1.165) is 24.3 Å². The van der Waals surface area contributed by atoms with E-state index in [1.165, 1.54) is 0 Å². The summed E-state index contributed by atoms with van der Waals surface area (Å²) in [7, 11) is 1.58. The van der Waals surface area contributed by atoms with Gasteiger partial charge in [-0.2, -0.15) is 0 Å². The SMILES string of the molecule is CC1(C)C(C=C(Cl)Cl)C1C(=O)OCc1cccc(Oc2ccccc2)c1.CN/C(=N/[N+](=O)[O-])NCC1CCOC1. The van der Waals surface area contributed by atoms with E-state index in [4.69, 9.17) is 37.4 Å². The molecule has 2 aromatic rings. The van der Waals surface area contributed by atoms with Gasteiger partial charge < -0.3 is 24.8 Å². The Morgan fingerprint density at radius 2 is 1.93 bits per heavy atom. The molecule has 2 aliphatic rings. The molecule has 2 aromatic carbocycles. The molecule has 1 saturated carbocycles. The number of carbonyl (C=O) groups is 1. The molecule has 2 N–H and O–H groups in total. The fraction of sp³-hybridized carbons (Fsp3) is 0.429. The van der Waals surface area contributed by atoms with Crippen LogP contribution < -0.4 is 15.4 Å². The minimum atomic E-state index is -0.732. The normalized spacial score (nSPS) is 20.8. The average molecular weight is 594 g/mol. The largest absolute Gasteiger partial charge is 0.461 e. The Bertz CT molecular complexity index is 1200. The Labute approximate surface area is 243 Å². The monoisotopic (exact) mass is 592 g/mol. The number of rotatable bonds is 9. The highest BCUT2D eigenvalue weighted by Gasteiger charge is 2.61. The van der Waals surface area contributed by atoms with Crippen molar-refractivity contribution in [1.29, 1.82) is 0 Å². The van der Waals surface area contributed by atoms with Gasteiger partial charge in [-0.05, 0) is 53.7 Å². The quantitative estimate of drug-likeness (QED) is 0.129. The number of hydrogen-bond acceptors (Lipinski definition) is 6. The first-order valence-electron chi connectivity index (χ1n) is 12.8. The van der Waals surface area contributed by atoms with Gasteiger partial charge in [-0.15, -0.1) is 0 Å². The Hall–Kier alpha value is -3.34. The standard InChI is InChI=1S/C21H20Cl2O3.C7H14N4O3/c1-21(2)17(12-18(22)23)19(21)20(24)25-13-14-7-6-10-16(11-14)26-15-8-4-3-5-9-15;1-8-7(10-11(12)13)9-4-6-2-3-14-5-6/h3-12,17,19H,13H2,1-2H3;6H,2-5H2,1H3,(H2,8,9,10). The summed E-state index contributed by atoms with van der Waals surface area (Å²) in [6, 6.07) is 17.0. The van der Waals surface area contributed by atoms with Crippen molar-refractivity contribution in [1.82, 2.24) is 10.6 Å². The molecule has 0 spiro atoms. The summed E-state index contributed by atoms with van der Waals surface area (Å²) in [5.74, 6) is 1.61. The third-order valence-corrected chi connectivity index (χ3v) is 6.98. The van der Waals surface area contributed by atoms with Gasteiger partial charge in [0.1, 0.15) is 27.7 Å². The number of benzene rings is 2. The van der Waals surface area contributed by atoms with E-state index in [0.29, 0.717) is 24.8 Å². The Kier molecular flexibility index (Phi) is 11.6. The van der Waals surface area contributed by atoms with Gasteiger partial charge in [0, 0.05) is 26.1 Å². The Morgan fingerprint density at radius 1 is 1.20 bits per heavy atom. The minimum Gasteiger partial charge on any atom is -0.461 e. The molecular formula is C28H34Cl2N4O6. The van der Waals surface area contributed by atoms with Crippen molar-refractivity contribution in [2.24, 2.45) is 28.3 Å². The van der Waals surface area contributed by atoms with Crippen LogP contribution in [0.25, 0.3) is 0 Å². The van der Waals surface area contributed by atoms with Crippen LogP contribution in [0.2, 0.25) is 0 Å². The summed E-state index contributed by atoms with van der Waals surface area (Å²) in [5.41, 5.74) is 0.678. The first-order chi connectivity index (χ1) is 19.1. The molecule has 0 amide bonds. The number of carbonyl (C=O) groups excluding carboxylic acids is 1. The smallest absolute Gasteiger partial charge is 0.310 e. The van der Waals surface area contributed by atoms with Crippen LogP contribution in [0.3, 0.4) is 0 Å². The van der Waals surface area contributed by atoms with Gasteiger partial charge in [0.05, 0.1) is 12.5 Å². The zero-order chi connectivity index (χ0) is 29.1. The highest BCUT2D eigenvalue weighted by Crippen LogP contribution is 2.60. The zero-order valence-electron chi connectivity index (χ0n) is 22.6. The number of nitrogens with one attached hydrogen (secondary N) is 2. The molecule has 1 heterocycles. The fourth-order valence-corrected chi connectivity index (χ4v) is 4.65. The van der Waals surface area contributed by atoms with Crippen LogP contribution >= 0.6 is 23.2 Å². The predicted molar refractivity (Wildman–Crippen MR) is 154 cm³/mol. The van der Waals surface area contributed by atoms with Crippen molar-refractivity contribution in [3.8, 4) is 11.5 Å². The van der Waals surface area contributed by atoms with Crippen LogP contribution in [0.4, 0.5) is 0 Å². The van der Waals surface area contributed by atoms with Gasteiger partial charge in [0.2, 0.25) is 0 Å². The molecule has 3 unspecified atom stereocenters. The van der Waals surface area contributed by atoms with Crippen molar-refractivity contribution in [3.63, 3.8) is 0 Å². The number of hydrogen-bond donors (Lipinski definition) is 2. The number of halogens is 2. The van der Waals surface area contributed by atoms with E-state index >= 15 is 0 Å². The van der Waals surface area contributed by atoms with E-state index in [9.17, 15) is 14.9 Å². The lowest BCUT2D eigenvalue weighted by molar-refractivity contribution is -0.485. The highest BCUT2D eigenvalue weighted by molar-refractivity contribution is 6.55. The number of para-hydroxylation sites is 1. The van der Waals surface area contributed by atoms with Gasteiger partial charge in [-0.25, -0.2) is 10.1 Å². The summed E-state index contributed by atoms with van der Waals surface area (Å²) in [5, 5.41) is 18.0. The molecule has 0 bridgehead atoms. The van der Waals surface area contributed by atoms with Crippen LogP contribution in [0.1, 0.15) is 25.8 Å². The molecule has 2 fully saturated rings. The third-order valence-electron chi connectivity index (χ3n) is 6.73. The molecule has 3 atom stereocenters. The van der Waals surface area contributed by atoms with E-state index < -0.39 is 5.03 Å². The van der Waals surface area contributed by atoms with Crippen molar-refractivity contribution < 1.29 is 24.0 Å². The molecule has 10 nitrogen and oxygen atoms in total. The molecule has 1 saturated heterocycles. The molecule has 0 radical (unpaired) electrons. The number of nitrogens with zero attached hydrogens (tertiary/aromatic N) is 2. The minimum absolute atomic E-state index is 0.00717. The van der Waals surface area contributed by atoms with Gasteiger partial charge in [-0.1, -0.05) is 67.4 Å². The van der Waals surface area contributed by atoms with E-state index in [1.54, 1.807) is 13.1 Å². The van der Waals surface area contributed by atoms with Crippen LogP contribution in [-0.4, -0.2) is 43.8 Å². The number of allylic oxidation sites excluding steroid dienone is 1. The molecule has 1 aliphatic carbocycles. The summed E-state index contributed by atoms with van der Waals surface area (Å²) < 4.78 is 16.7. The lowest BCUT2D eigenvalue weighted by Gasteiger charge is -2.09. The maximum absolute atomic E-state index is 12.4. The van der Waals surface area contributed by atoms with Crippen molar-refractivity contribution >= 4 is 35.1 Å². The zero-order valence-corrected chi connectivity index (χ0v) is 24.2. The van der Waals surface area contributed by atoms with Crippen LogP contribution in [0.5, 0.6) is 11.5 Å². The Morgan fingerprint density at radius 3 is 2.55 bits per heavy atom. The first kappa shape index (κ1) is 31.2. The van der Waals surface area contributed by atoms with Crippen molar-refractivity contribution in [3.05, 3.63) is 80.8 Å². The second kappa shape index (κ2) is 14.9. The van der Waals surface area contributed by atoms with Crippen LogP contribution in [-0.2, 0) is 20.9 Å². The lowest BCUT2D eigenvalue weighted by Crippen LogP contribution is -2.38. The van der Waals surface area contributed by atoms with E-state index in [2.05, 4.69) is 15.7 Å². The maximum atomic E-state index is 12.4. The van der Waals surface area contributed by atoms with Crippen molar-refractivity contribution in [2.75, 3.05) is 26.8 Å². The number of nitro groups is 1. The van der Waals surface area contributed by atoms with Gasteiger partial charge >= 0.3 is 5.97 Å². The van der Waals surface area contributed by atoms with Gasteiger partial charge in [0.15, 0.2) is 5.03 Å². The molecule has 216 valence electrons. The van der Waals surface area contributed by atoms with Crippen LogP contribution in [0.15, 0.2) is 70.3 Å². The summed E-state index contributed by atoms with van der Waals surface area (Å²) in [6.07, 6.45) is 2.70. The lowest BCUT2D eigenvalue weighted by atomic mass is 10.1. The van der Waals surface area contributed by atoms with Crippen molar-refractivity contribution in [2.45, 2.75) is 26.9 Å². The number of hydrazone groups is 1. The number of esters is 1. The van der Waals surface area contributed by atoms with Gasteiger partial charge in [-0.3, -0.25) is 4.79 Å². The topological polar surface area (TPSA) is 124 Å². The average Bonchev–Trinajstić information content (AvgIpc) is 3.22. The first-order valence-corrected chi connectivity index (χ1v) is 13.6. The molecular weight excluding hydrogens is 559 g/mol. The molecule has 1 aliphatic heterocycles. The second-order valence-corrected chi connectivity index (χ2v) is 11.0. The highest BCUT2D eigenvalue weighted by atomic mass is 35.5. The molecule has 0 aromatic heterocycles. The fourth-order valence-electron chi connectivity index (χ4n) is 4.38. The summed E-state index contributed by atoms with van der Waals surface area (Å²) in [6.45, 7) is 6.34. The number of guanidine groups is 1. The van der Waals surface area contributed by atoms with Crippen LogP contribution in [0, 0.1) is 33.3 Å². The van der Waals surface area contributed by atoms with E-state index in [1.807, 2.05) is 68.4 Å². The number of ether oxygens (including phenoxy) is 3. The molecule has 40 heavy (non-hydrogen) atoms. The summed E-state index contributed by atoms with van der Waals surface area (Å²) >= 11 is 11.5. The Balaban J connectivity index is 0.000000267. The van der Waals surface area contributed by atoms with E-state index in [-0.39, 0.29) is 40.3 Å². The predicted octanol–water partition coefficient (Wildman–Crippen LogP) is 5.49. The maximum Gasteiger partial charge on any atom is 0.310 e. The second-order valence-electron chi connectivity index (χ2n) is 10.00. The molecule has 4 rings (SSSR count). The molecule has 12 heteroatoms. The summed E-state index contributed by atoms with van der Waals surface area (Å²) in [4.78, 5) is 22.5. The van der Waals surface area contributed by atoms with Gasteiger partial charge in [0.25, 0.3) is 5.96 Å². The third kappa shape index (κ3) is 9.69.